The normalized spacial score (nSPS) is 19.6. The highest BCUT2D eigenvalue weighted by Gasteiger charge is 2.20. The molecule has 1 aromatic rings. The Morgan fingerprint density at radius 3 is 2.73 bits per heavy atom. The summed E-state index contributed by atoms with van der Waals surface area (Å²) < 4.78 is 0. The molecule has 1 atom stereocenters. The van der Waals surface area contributed by atoms with E-state index in [-0.39, 0.29) is 18.4 Å². The van der Waals surface area contributed by atoms with Crippen molar-refractivity contribution in [3.63, 3.8) is 0 Å². The lowest BCUT2D eigenvalue weighted by Crippen LogP contribution is -2.16. The Morgan fingerprint density at radius 2 is 2.13 bits per heavy atom. The van der Waals surface area contributed by atoms with Gasteiger partial charge in [0.1, 0.15) is 0 Å². The van der Waals surface area contributed by atoms with Crippen molar-refractivity contribution in [3.8, 4) is 0 Å². The molecule has 1 aliphatic rings. The molecule has 0 amide bonds. The van der Waals surface area contributed by atoms with Gasteiger partial charge >= 0.3 is 5.97 Å². The molecular weight excluding hydrogens is 214 g/mol. The first-order valence-corrected chi connectivity index (χ1v) is 4.84. The number of hydrogen-bond acceptors (Lipinski definition) is 2. The number of benzene rings is 1. The number of nitrogens with one attached hydrogen (secondary N) is 1. The zero-order valence-electron chi connectivity index (χ0n) is 8.27. The van der Waals surface area contributed by atoms with Crippen molar-refractivity contribution in [2.24, 2.45) is 0 Å². The molecule has 2 rings (SSSR count). The van der Waals surface area contributed by atoms with E-state index in [2.05, 4.69) is 5.32 Å². The van der Waals surface area contributed by atoms with Gasteiger partial charge < -0.3 is 10.4 Å². The minimum atomic E-state index is -0.839. The van der Waals surface area contributed by atoms with Crippen LogP contribution in [0.4, 0.5) is 0 Å². The number of aromatic carboxylic acids is 1. The summed E-state index contributed by atoms with van der Waals surface area (Å²) in [6, 6.07) is 7.44. The molecule has 1 heterocycles. The molecule has 1 saturated heterocycles. The Bertz CT molecular complexity index is 348. The van der Waals surface area contributed by atoms with E-state index in [4.69, 9.17) is 5.11 Å². The lowest BCUT2D eigenvalue weighted by Gasteiger charge is -2.12. The average molecular weight is 228 g/mol. The molecule has 4 heteroatoms. The Morgan fingerprint density at radius 1 is 1.40 bits per heavy atom. The second-order valence-electron chi connectivity index (χ2n) is 3.54. The third-order valence-corrected chi connectivity index (χ3v) is 2.63. The van der Waals surface area contributed by atoms with Crippen LogP contribution < -0.4 is 5.32 Å². The monoisotopic (exact) mass is 227 g/mol. The maximum atomic E-state index is 11.0. The average Bonchev–Trinajstić information content (AvgIpc) is 2.70. The molecule has 15 heavy (non-hydrogen) atoms. The molecule has 82 valence electrons. The SMILES string of the molecule is Cl.O=C(O)c1ccccc1[C@@H]1CCCN1. The van der Waals surface area contributed by atoms with E-state index in [1.807, 2.05) is 12.1 Å². The van der Waals surface area contributed by atoms with Crippen LogP contribution in [0.15, 0.2) is 24.3 Å². The zero-order valence-corrected chi connectivity index (χ0v) is 9.09. The smallest absolute Gasteiger partial charge is 0.336 e. The Kier molecular flexibility index (Phi) is 4.12. The van der Waals surface area contributed by atoms with Gasteiger partial charge in [-0.1, -0.05) is 18.2 Å². The van der Waals surface area contributed by atoms with Gasteiger partial charge in [0.2, 0.25) is 0 Å². The van der Waals surface area contributed by atoms with Gasteiger partial charge in [-0.2, -0.15) is 0 Å². The molecule has 0 bridgehead atoms. The van der Waals surface area contributed by atoms with E-state index in [1.54, 1.807) is 12.1 Å². The summed E-state index contributed by atoms with van der Waals surface area (Å²) in [5.41, 5.74) is 1.34. The van der Waals surface area contributed by atoms with E-state index >= 15 is 0 Å². The van der Waals surface area contributed by atoms with Crippen molar-refractivity contribution in [3.05, 3.63) is 35.4 Å². The Balaban J connectivity index is 0.00000112. The fraction of sp³-hybridized carbons (Fsp3) is 0.364. The van der Waals surface area contributed by atoms with Crippen molar-refractivity contribution in [2.45, 2.75) is 18.9 Å². The van der Waals surface area contributed by atoms with Gasteiger partial charge in [-0.15, -0.1) is 12.4 Å². The van der Waals surface area contributed by atoms with Gasteiger partial charge in [-0.25, -0.2) is 4.79 Å². The predicted octanol–water partition coefficient (Wildman–Crippen LogP) is 2.23. The summed E-state index contributed by atoms with van der Waals surface area (Å²) in [7, 11) is 0. The maximum Gasteiger partial charge on any atom is 0.336 e. The fourth-order valence-corrected chi connectivity index (χ4v) is 1.95. The molecular formula is C11H14ClNO2. The molecule has 0 unspecified atom stereocenters. The number of carboxylic acid groups (broad SMARTS) is 1. The van der Waals surface area contributed by atoms with Gasteiger partial charge in [0.15, 0.2) is 0 Å². The Labute approximate surface area is 94.9 Å². The minimum absolute atomic E-state index is 0. The highest BCUT2D eigenvalue weighted by Crippen LogP contribution is 2.25. The van der Waals surface area contributed by atoms with Crippen molar-refractivity contribution in [2.75, 3.05) is 6.54 Å². The predicted molar refractivity (Wildman–Crippen MR) is 60.6 cm³/mol. The van der Waals surface area contributed by atoms with E-state index in [9.17, 15) is 4.79 Å². The fourth-order valence-electron chi connectivity index (χ4n) is 1.95. The molecule has 0 radical (unpaired) electrons. The van der Waals surface area contributed by atoms with E-state index in [1.165, 1.54) is 0 Å². The number of halogens is 1. The number of rotatable bonds is 2. The first kappa shape index (κ1) is 12.0. The summed E-state index contributed by atoms with van der Waals surface area (Å²) >= 11 is 0. The van der Waals surface area contributed by atoms with Crippen molar-refractivity contribution >= 4 is 18.4 Å². The van der Waals surface area contributed by atoms with Gasteiger partial charge in [-0.05, 0) is 31.0 Å². The van der Waals surface area contributed by atoms with Crippen LogP contribution in [0.3, 0.4) is 0 Å². The molecule has 1 aliphatic heterocycles. The second-order valence-corrected chi connectivity index (χ2v) is 3.54. The van der Waals surface area contributed by atoms with Crippen LogP contribution in [0.25, 0.3) is 0 Å². The molecule has 1 fully saturated rings. The standard InChI is InChI=1S/C11H13NO2.ClH/c13-11(14)9-5-2-1-4-8(9)10-6-3-7-12-10;/h1-2,4-5,10,12H,3,6-7H2,(H,13,14);1H/t10-;/m0./s1. The van der Waals surface area contributed by atoms with Crippen LogP contribution in [0.2, 0.25) is 0 Å². The van der Waals surface area contributed by atoms with Crippen LogP contribution in [0, 0.1) is 0 Å². The van der Waals surface area contributed by atoms with Crippen molar-refractivity contribution in [1.29, 1.82) is 0 Å². The molecule has 1 aromatic carbocycles. The molecule has 0 saturated carbocycles. The van der Waals surface area contributed by atoms with Gasteiger partial charge in [0, 0.05) is 6.04 Å². The summed E-state index contributed by atoms with van der Waals surface area (Å²) in [5, 5.41) is 12.3. The minimum Gasteiger partial charge on any atom is -0.478 e. The maximum absolute atomic E-state index is 11.0. The third kappa shape index (κ3) is 2.49. The molecule has 0 spiro atoms. The largest absolute Gasteiger partial charge is 0.478 e. The third-order valence-electron chi connectivity index (χ3n) is 2.63. The molecule has 0 aliphatic carbocycles. The van der Waals surface area contributed by atoms with Crippen molar-refractivity contribution in [1.82, 2.24) is 5.32 Å². The van der Waals surface area contributed by atoms with Gasteiger partial charge in [0.25, 0.3) is 0 Å². The Hall–Kier alpha value is -1.06. The van der Waals surface area contributed by atoms with Crippen LogP contribution in [-0.4, -0.2) is 17.6 Å². The van der Waals surface area contributed by atoms with Crippen LogP contribution in [0.5, 0.6) is 0 Å². The number of carboxylic acids is 1. The first-order valence-electron chi connectivity index (χ1n) is 4.84. The lowest BCUT2D eigenvalue weighted by molar-refractivity contribution is 0.0695. The van der Waals surface area contributed by atoms with Crippen LogP contribution >= 0.6 is 12.4 Å². The topological polar surface area (TPSA) is 49.3 Å². The molecule has 3 nitrogen and oxygen atoms in total. The number of hydrogen-bond donors (Lipinski definition) is 2. The molecule has 2 N–H and O–H groups in total. The summed E-state index contributed by atoms with van der Waals surface area (Å²) in [4.78, 5) is 11.0. The van der Waals surface area contributed by atoms with Crippen LogP contribution in [0.1, 0.15) is 34.8 Å². The highest BCUT2D eigenvalue weighted by molar-refractivity contribution is 5.89. The van der Waals surface area contributed by atoms with Gasteiger partial charge in [0.05, 0.1) is 5.56 Å². The summed E-state index contributed by atoms with van der Waals surface area (Å²) in [6.07, 6.45) is 2.16. The second kappa shape index (κ2) is 5.14. The quantitative estimate of drug-likeness (QED) is 0.815. The van der Waals surface area contributed by atoms with E-state index in [0.29, 0.717) is 5.56 Å². The van der Waals surface area contributed by atoms with Crippen molar-refractivity contribution < 1.29 is 9.90 Å². The summed E-state index contributed by atoms with van der Waals surface area (Å²) in [5.74, 6) is -0.839. The van der Waals surface area contributed by atoms with E-state index in [0.717, 1.165) is 24.9 Å². The van der Waals surface area contributed by atoms with Gasteiger partial charge in [-0.3, -0.25) is 0 Å². The van der Waals surface area contributed by atoms with Crippen LogP contribution in [-0.2, 0) is 0 Å². The molecule has 0 aromatic heterocycles. The summed E-state index contributed by atoms with van der Waals surface area (Å²) in [6.45, 7) is 0.985. The van der Waals surface area contributed by atoms with E-state index < -0.39 is 5.97 Å². The zero-order chi connectivity index (χ0) is 9.97. The first-order chi connectivity index (χ1) is 6.79. The number of carbonyl (C=O) groups is 1. The highest BCUT2D eigenvalue weighted by atomic mass is 35.5. The lowest BCUT2D eigenvalue weighted by atomic mass is 9.99.